The summed E-state index contributed by atoms with van der Waals surface area (Å²) in [6, 6.07) is 7.84. The van der Waals surface area contributed by atoms with Crippen LogP contribution in [0.1, 0.15) is 51.1 Å². The molecule has 0 spiro atoms. The zero-order valence-electron chi connectivity index (χ0n) is 25.1. The van der Waals surface area contributed by atoms with Crippen LogP contribution in [0.2, 0.25) is 0 Å². The number of primary amides is 1. The maximum atomic E-state index is 13.8. The van der Waals surface area contributed by atoms with Gasteiger partial charge >= 0.3 is 5.97 Å². The number of ether oxygens (including phenoxy) is 3. The summed E-state index contributed by atoms with van der Waals surface area (Å²) in [5.41, 5.74) is 5.67. The number of halogens is 1. The lowest BCUT2D eigenvalue weighted by atomic mass is 9.83. The summed E-state index contributed by atoms with van der Waals surface area (Å²) < 4.78 is 31.7. The lowest BCUT2D eigenvalue weighted by Crippen LogP contribution is -2.53. The van der Waals surface area contributed by atoms with Gasteiger partial charge in [-0.25, -0.2) is 19.3 Å². The van der Waals surface area contributed by atoms with Crippen molar-refractivity contribution < 1.29 is 28.2 Å². The zero-order chi connectivity index (χ0) is 30.9. The van der Waals surface area contributed by atoms with Crippen molar-refractivity contribution in [1.29, 1.82) is 0 Å². The topological polar surface area (TPSA) is 149 Å². The number of aromatic nitrogens is 4. The second-order valence-electron chi connectivity index (χ2n) is 12.2. The molecule has 12 nitrogen and oxygen atoms in total. The number of anilines is 1. The molecule has 3 fully saturated rings. The van der Waals surface area contributed by atoms with Gasteiger partial charge in [0.15, 0.2) is 11.4 Å². The predicted octanol–water partition coefficient (Wildman–Crippen LogP) is 3.21. The number of carbonyl (C=O) groups is 2. The molecule has 6 rings (SSSR count). The average molecular weight is 608 g/mol. The van der Waals surface area contributed by atoms with Crippen LogP contribution in [0, 0.1) is 11.2 Å². The third kappa shape index (κ3) is 6.04. The fourth-order valence-corrected chi connectivity index (χ4v) is 5.86. The molecule has 0 bridgehead atoms. The number of hydrogen-bond acceptors (Lipinski definition) is 10. The first-order chi connectivity index (χ1) is 21.2. The summed E-state index contributed by atoms with van der Waals surface area (Å²) in [4.78, 5) is 47.5. The smallest absolute Gasteiger partial charge is 0.317 e. The minimum atomic E-state index is -1.30. The molecule has 44 heavy (non-hydrogen) atoms. The monoisotopic (exact) mass is 607 g/mol. The number of nitrogens with two attached hydrogens (primary N) is 1. The van der Waals surface area contributed by atoms with E-state index in [2.05, 4.69) is 26.8 Å². The molecule has 2 aromatic heterocycles. The molecular weight excluding hydrogens is 569 g/mol. The van der Waals surface area contributed by atoms with Crippen LogP contribution >= 0.6 is 0 Å². The number of hydrogen-bond donors (Lipinski definition) is 2. The summed E-state index contributed by atoms with van der Waals surface area (Å²) in [5.74, 6) is -0.580. The maximum Gasteiger partial charge on any atom is 0.317 e. The number of rotatable bonds is 7. The number of H-pyrrole nitrogens is 1. The fraction of sp³-hybridized carbons (Fsp3) is 0.516. The first-order valence-corrected chi connectivity index (χ1v) is 15.1. The Balaban J connectivity index is 1.24. The number of carbonyl (C=O) groups excluding carboxylic acids is 2. The summed E-state index contributed by atoms with van der Waals surface area (Å²) in [6.45, 7) is 5.09. The molecule has 3 aliphatic rings. The van der Waals surface area contributed by atoms with E-state index in [1.54, 1.807) is 31.3 Å². The van der Waals surface area contributed by atoms with Crippen molar-refractivity contribution >= 4 is 17.8 Å². The van der Waals surface area contributed by atoms with Crippen molar-refractivity contribution in [2.45, 2.75) is 50.9 Å². The van der Waals surface area contributed by atoms with Gasteiger partial charge in [0.2, 0.25) is 12.2 Å². The standard InChI is InChI=1S/C31H38FN7O5/c1-30(28(41)44-31(27(33)40)11-4-3-5-12-31)18-42-26(43-19-30)25-36-23(20-6-8-21(32)9-7-20)24(37-25)22-10-13-34-29(35-22)39-16-14-38(2)15-17-39/h6-10,13,26H,3-5,11-12,14-19H2,1-2H3,(H2,33,40)(H,36,37). The quantitative estimate of drug-likeness (QED) is 0.384. The molecule has 234 valence electrons. The van der Waals surface area contributed by atoms with Crippen LogP contribution in [-0.2, 0) is 23.8 Å². The third-order valence-electron chi connectivity index (χ3n) is 8.75. The SMILES string of the molecule is CN1CCN(c2nccc(-c3[nH]c(C4OCC(C)(C(=O)OC5(C(N)=O)CCCCC5)CO4)nc3-c3ccc(F)cc3)n2)CC1. The summed E-state index contributed by atoms with van der Waals surface area (Å²) in [5, 5.41) is 0. The molecular formula is C31H38FN7O5. The first-order valence-electron chi connectivity index (χ1n) is 15.1. The van der Waals surface area contributed by atoms with Gasteiger partial charge in [-0.05, 0) is 70.0 Å². The van der Waals surface area contributed by atoms with Gasteiger partial charge in [0, 0.05) is 37.9 Å². The fourth-order valence-electron chi connectivity index (χ4n) is 5.86. The van der Waals surface area contributed by atoms with E-state index in [1.165, 1.54) is 12.1 Å². The number of esters is 1. The summed E-state index contributed by atoms with van der Waals surface area (Å²) in [7, 11) is 2.09. The van der Waals surface area contributed by atoms with Crippen molar-refractivity contribution in [3.63, 3.8) is 0 Å². The molecule has 1 saturated carbocycles. The lowest BCUT2D eigenvalue weighted by Gasteiger charge is -2.39. The van der Waals surface area contributed by atoms with Crippen LogP contribution in [-0.4, -0.2) is 88.8 Å². The van der Waals surface area contributed by atoms with Gasteiger partial charge in [0.05, 0.1) is 30.3 Å². The molecule has 0 atom stereocenters. The highest BCUT2D eigenvalue weighted by Crippen LogP contribution is 2.39. The van der Waals surface area contributed by atoms with Gasteiger partial charge in [0.25, 0.3) is 5.91 Å². The van der Waals surface area contributed by atoms with Crippen molar-refractivity contribution in [3.05, 3.63) is 48.2 Å². The molecule has 3 aromatic rings. The zero-order valence-corrected chi connectivity index (χ0v) is 25.1. The number of piperazine rings is 1. The maximum absolute atomic E-state index is 13.8. The normalized spacial score (nSPS) is 24.2. The average Bonchev–Trinajstić information content (AvgIpc) is 3.48. The molecule has 13 heteroatoms. The number of likely N-dealkylation sites (N-methyl/N-ethyl adjacent to an activating group) is 1. The molecule has 0 unspecified atom stereocenters. The summed E-state index contributed by atoms with van der Waals surface area (Å²) >= 11 is 0. The van der Waals surface area contributed by atoms with Crippen molar-refractivity contribution in [3.8, 4) is 22.6 Å². The molecule has 3 N–H and O–H groups in total. The van der Waals surface area contributed by atoms with E-state index >= 15 is 0 Å². The second-order valence-corrected chi connectivity index (χ2v) is 12.2. The van der Waals surface area contributed by atoms with E-state index < -0.39 is 29.2 Å². The van der Waals surface area contributed by atoms with Crippen LogP contribution < -0.4 is 10.6 Å². The van der Waals surface area contributed by atoms with Crippen LogP contribution in [0.3, 0.4) is 0 Å². The number of imidazole rings is 1. The molecule has 2 aliphatic heterocycles. The van der Waals surface area contributed by atoms with Crippen molar-refractivity contribution in [1.82, 2.24) is 24.8 Å². The Morgan fingerprint density at radius 3 is 2.36 bits per heavy atom. The van der Waals surface area contributed by atoms with Gasteiger partial charge in [-0.3, -0.25) is 9.59 Å². The molecule has 1 aliphatic carbocycles. The Morgan fingerprint density at radius 2 is 1.70 bits per heavy atom. The Hall–Kier alpha value is -3.94. The van der Waals surface area contributed by atoms with Crippen LogP contribution in [0.15, 0.2) is 36.5 Å². The van der Waals surface area contributed by atoms with E-state index in [-0.39, 0.29) is 19.0 Å². The van der Waals surface area contributed by atoms with Crippen LogP contribution in [0.5, 0.6) is 0 Å². The highest BCUT2D eigenvalue weighted by atomic mass is 19.1. The highest BCUT2D eigenvalue weighted by molar-refractivity contribution is 5.88. The minimum Gasteiger partial charge on any atom is -0.448 e. The van der Waals surface area contributed by atoms with E-state index in [0.29, 0.717) is 47.3 Å². The molecule has 0 radical (unpaired) electrons. The van der Waals surface area contributed by atoms with Gasteiger partial charge in [0.1, 0.15) is 11.2 Å². The number of nitrogens with zero attached hydrogens (tertiary/aromatic N) is 5. The van der Waals surface area contributed by atoms with Crippen LogP contribution in [0.4, 0.5) is 10.3 Å². The van der Waals surface area contributed by atoms with Gasteiger partial charge in [-0.1, -0.05) is 6.42 Å². The Morgan fingerprint density at radius 1 is 1.02 bits per heavy atom. The van der Waals surface area contributed by atoms with Crippen LogP contribution in [0.25, 0.3) is 22.6 Å². The number of benzene rings is 1. The number of aromatic amines is 1. The van der Waals surface area contributed by atoms with E-state index in [4.69, 9.17) is 29.9 Å². The minimum absolute atomic E-state index is 0.0195. The Kier molecular flexibility index (Phi) is 8.36. The third-order valence-corrected chi connectivity index (χ3v) is 8.75. The Labute approximate surface area is 255 Å². The van der Waals surface area contributed by atoms with Gasteiger partial charge < -0.3 is 34.7 Å². The first kappa shape index (κ1) is 30.1. The molecule has 1 aromatic carbocycles. The van der Waals surface area contributed by atoms with Gasteiger partial charge in [-0.15, -0.1) is 0 Å². The van der Waals surface area contributed by atoms with E-state index in [0.717, 1.165) is 45.4 Å². The molecule has 2 saturated heterocycles. The van der Waals surface area contributed by atoms with Crippen molar-refractivity contribution in [2.75, 3.05) is 51.3 Å². The summed E-state index contributed by atoms with van der Waals surface area (Å²) in [6.07, 6.45) is 4.12. The Bertz CT molecular complexity index is 1490. The van der Waals surface area contributed by atoms with E-state index in [9.17, 15) is 14.0 Å². The largest absolute Gasteiger partial charge is 0.448 e. The predicted molar refractivity (Wildman–Crippen MR) is 159 cm³/mol. The number of nitrogens with one attached hydrogen (secondary N) is 1. The molecule has 4 heterocycles. The number of amides is 1. The van der Waals surface area contributed by atoms with Gasteiger partial charge in [-0.2, -0.15) is 0 Å². The van der Waals surface area contributed by atoms with Crippen molar-refractivity contribution in [2.24, 2.45) is 11.1 Å². The second kappa shape index (κ2) is 12.2. The highest BCUT2D eigenvalue weighted by Gasteiger charge is 2.48. The molecule has 1 amide bonds. The lowest BCUT2D eigenvalue weighted by molar-refractivity contribution is -0.243. The van der Waals surface area contributed by atoms with E-state index in [1.807, 2.05) is 0 Å².